The number of allylic oxidation sites excluding steroid dienone is 3. The summed E-state index contributed by atoms with van der Waals surface area (Å²) in [6.07, 6.45) is 9.54. The maximum atomic E-state index is 6.29. The molecule has 1 heterocycles. The molecule has 0 bridgehead atoms. The number of anilines is 1. The van der Waals surface area contributed by atoms with Crippen molar-refractivity contribution in [1.29, 1.82) is 0 Å². The first-order valence-electron chi connectivity index (χ1n) is 9.00. The number of thioether (sulfide) groups is 1. The third kappa shape index (κ3) is 4.86. The van der Waals surface area contributed by atoms with E-state index in [4.69, 9.17) is 17.3 Å². The summed E-state index contributed by atoms with van der Waals surface area (Å²) in [6.45, 7) is 3.53. The summed E-state index contributed by atoms with van der Waals surface area (Å²) in [7, 11) is 0. The molecule has 1 unspecified atom stereocenters. The number of hydrogen-bond donors (Lipinski definition) is 3. The number of rotatable bonds is 5. The van der Waals surface area contributed by atoms with Gasteiger partial charge in [-0.05, 0) is 55.4 Å². The van der Waals surface area contributed by atoms with E-state index in [1.54, 1.807) is 0 Å². The van der Waals surface area contributed by atoms with Gasteiger partial charge in [0.1, 0.15) is 0 Å². The lowest BCUT2D eigenvalue weighted by molar-refractivity contribution is 0.731. The summed E-state index contributed by atoms with van der Waals surface area (Å²) in [5, 5.41) is 9.97. The number of fused-ring (bicyclic) bond motifs is 2. The van der Waals surface area contributed by atoms with E-state index in [0.29, 0.717) is 11.2 Å². The Balaban J connectivity index is 1.77. The number of nitrogens with zero attached hydrogens (tertiary/aromatic N) is 1. The second kappa shape index (κ2) is 9.19. The molecule has 1 aliphatic heterocycles. The average molecular weight is 389 g/mol. The molecule has 1 aromatic rings. The van der Waals surface area contributed by atoms with Crippen LogP contribution in [-0.4, -0.2) is 19.0 Å². The average Bonchev–Trinajstić information content (AvgIpc) is 2.62. The van der Waals surface area contributed by atoms with Crippen LogP contribution in [0.4, 0.5) is 5.69 Å². The molecule has 4 N–H and O–H groups in total. The van der Waals surface area contributed by atoms with E-state index in [0.717, 1.165) is 43.1 Å². The Morgan fingerprint density at radius 3 is 3.19 bits per heavy atom. The maximum Gasteiger partial charge on any atom is 0.188 e. The molecule has 0 saturated heterocycles. The third-order valence-corrected chi connectivity index (χ3v) is 5.76. The van der Waals surface area contributed by atoms with E-state index in [2.05, 4.69) is 51.4 Å². The van der Waals surface area contributed by atoms with Gasteiger partial charge in [-0.3, -0.25) is 4.99 Å². The van der Waals surface area contributed by atoms with Gasteiger partial charge in [0, 0.05) is 40.3 Å². The molecule has 0 radical (unpaired) electrons. The Morgan fingerprint density at radius 1 is 1.46 bits per heavy atom. The summed E-state index contributed by atoms with van der Waals surface area (Å²) in [4.78, 5) is 4.38. The van der Waals surface area contributed by atoms with Crippen LogP contribution >= 0.6 is 23.4 Å². The zero-order valence-corrected chi connectivity index (χ0v) is 16.5. The maximum absolute atomic E-state index is 6.29. The normalized spacial score (nSPS) is 19.3. The summed E-state index contributed by atoms with van der Waals surface area (Å²) < 4.78 is 0. The highest BCUT2D eigenvalue weighted by Gasteiger charge is 2.20. The van der Waals surface area contributed by atoms with Crippen molar-refractivity contribution in [3.63, 3.8) is 0 Å². The van der Waals surface area contributed by atoms with Gasteiger partial charge in [-0.15, -0.1) is 11.8 Å². The van der Waals surface area contributed by atoms with Gasteiger partial charge in [0.05, 0.1) is 0 Å². The first-order chi connectivity index (χ1) is 12.7. The molecule has 138 valence electrons. The number of nitrogens with two attached hydrogens (primary N) is 1. The van der Waals surface area contributed by atoms with Crippen molar-refractivity contribution in [2.75, 3.05) is 18.4 Å². The Kier molecular flexibility index (Phi) is 6.69. The Morgan fingerprint density at radius 2 is 2.35 bits per heavy atom. The number of halogens is 1. The van der Waals surface area contributed by atoms with Crippen LogP contribution in [0.2, 0.25) is 5.02 Å². The first-order valence-corrected chi connectivity index (χ1v) is 10.3. The molecule has 0 spiro atoms. The summed E-state index contributed by atoms with van der Waals surface area (Å²) in [6, 6.07) is 6.10. The van der Waals surface area contributed by atoms with E-state index in [1.807, 2.05) is 24.8 Å². The van der Waals surface area contributed by atoms with Crippen molar-refractivity contribution in [1.82, 2.24) is 5.32 Å². The highest BCUT2D eigenvalue weighted by atomic mass is 35.5. The minimum absolute atomic E-state index is 0.330. The lowest BCUT2D eigenvalue weighted by atomic mass is 10.0. The first kappa shape index (κ1) is 18.9. The van der Waals surface area contributed by atoms with Gasteiger partial charge in [0.15, 0.2) is 5.96 Å². The molecule has 0 amide bonds. The molecule has 0 fully saturated rings. The van der Waals surface area contributed by atoms with Crippen molar-refractivity contribution >= 4 is 35.0 Å². The van der Waals surface area contributed by atoms with Gasteiger partial charge in [0.25, 0.3) is 0 Å². The van der Waals surface area contributed by atoms with E-state index < -0.39 is 0 Å². The molecule has 0 aromatic heterocycles. The number of nitrogens with one attached hydrogen (secondary N) is 2. The summed E-state index contributed by atoms with van der Waals surface area (Å²) in [5.74, 6) is 0.521. The van der Waals surface area contributed by atoms with Crippen molar-refractivity contribution in [3.05, 3.63) is 63.7 Å². The van der Waals surface area contributed by atoms with Crippen LogP contribution in [0.1, 0.15) is 37.0 Å². The Labute approximate surface area is 164 Å². The quantitative estimate of drug-likeness (QED) is 0.378. The monoisotopic (exact) mass is 388 g/mol. The fraction of sp³-hybridized carbons (Fsp3) is 0.350. The standard InChI is InChI=1S/C20H25ClN4S/c1-2-23-20(22)24-11-5-8-19-16-12-15(21)9-10-18(16)25-17-7-4-3-6-14(17)13-26-19/h3,6-7,9-10,12-13,19,25H,2,4-5,8,11H2,1H3,(H3,22,23,24). The topological polar surface area (TPSA) is 62.4 Å². The SMILES string of the molecule is CCNC(N)=NCCCC1SC=C2C=CCC=C2Nc2ccc(Cl)cc21. The molecule has 2 aliphatic rings. The minimum atomic E-state index is 0.330. The smallest absolute Gasteiger partial charge is 0.188 e. The van der Waals surface area contributed by atoms with E-state index >= 15 is 0 Å². The molecule has 6 heteroatoms. The van der Waals surface area contributed by atoms with Crippen molar-refractivity contribution in [3.8, 4) is 0 Å². The van der Waals surface area contributed by atoms with Crippen molar-refractivity contribution in [2.45, 2.75) is 31.4 Å². The number of guanidine groups is 1. The van der Waals surface area contributed by atoms with E-state index in [-0.39, 0.29) is 0 Å². The Hall–Kier alpha value is -1.85. The van der Waals surface area contributed by atoms with Gasteiger partial charge < -0.3 is 16.4 Å². The van der Waals surface area contributed by atoms with E-state index in [1.165, 1.54) is 16.8 Å². The fourth-order valence-corrected chi connectivity index (χ4v) is 4.38. The van der Waals surface area contributed by atoms with E-state index in [9.17, 15) is 0 Å². The predicted molar refractivity (Wildman–Crippen MR) is 115 cm³/mol. The van der Waals surface area contributed by atoms with Gasteiger partial charge in [0.2, 0.25) is 0 Å². The zero-order valence-electron chi connectivity index (χ0n) is 15.0. The summed E-state index contributed by atoms with van der Waals surface area (Å²) in [5.41, 5.74) is 10.6. The molecule has 3 rings (SSSR count). The van der Waals surface area contributed by atoms with Gasteiger partial charge in [-0.1, -0.05) is 29.8 Å². The van der Waals surface area contributed by atoms with Crippen molar-refractivity contribution < 1.29 is 0 Å². The third-order valence-electron chi connectivity index (χ3n) is 4.32. The lowest BCUT2D eigenvalue weighted by Gasteiger charge is -2.25. The molecule has 4 nitrogen and oxygen atoms in total. The molecular formula is C20H25ClN4S. The largest absolute Gasteiger partial charge is 0.370 e. The molecule has 1 aromatic carbocycles. The molecule has 26 heavy (non-hydrogen) atoms. The predicted octanol–water partition coefficient (Wildman–Crippen LogP) is 4.97. The molecule has 1 atom stereocenters. The van der Waals surface area contributed by atoms with Gasteiger partial charge in [-0.2, -0.15) is 0 Å². The zero-order chi connectivity index (χ0) is 18.4. The van der Waals surface area contributed by atoms with Crippen LogP contribution in [0, 0.1) is 0 Å². The lowest BCUT2D eigenvalue weighted by Crippen LogP contribution is -2.31. The Bertz CT molecular complexity index is 767. The fourth-order valence-electron chi connectivity index (χ4n) is 3.04. The number of aliphatic imine (C=N–C) groups is 1. The van der Waals surface area contributed by atoms with Crippen LogP contribution < -0.4 is 16.4 Å². The van der Waals surface area contributed by atoms with Crippen LogP contribution in [0.3, 0.4) is 0 Å². The van der Waals surface area contributed by atoms with Crippen LogP contribution in [0.15, 0.2) is 58.1 Å². The van der Waals surface area contributed by atoms with Crippen LogP contribution in [0.25, 0.3) is 0 Å². The molecular weight excluding hydrogens is 364 g/mol. The van der Waals surface area contributed by atoms with Crippen molar-refractivity contribution in [2.24, 2.45) is 10.7 Å². The number of hydrogen-bond acceptors (Lipinski definition) is 3. The highest BCUT2D eigenvalue weighted by molar-refractivity contribution is 8.02. The molecule has 1 aliphatic carbocycles. The van der Waals surface area contributed by atoms with Crippen LogP contribution in [-0.2, 0) is 0 Å². The number of benzene rings is 1. The summed E-state index contributed by atoms with van der Waals surface area (Å²) >= 11 is 8.14. The molecule has 0 saturated carbocycles. The van der Waals surface area contributed by atoms with Gasteiger partial charge in [-0.25, -0.2) is 0 Å². The second-order valence-electron chi connectivity index (χ2n) is 6.25. The van der Waals surface area contributed by atoms with Crippen LogP contribution in [0.5, 0.6) is 0 Å². The second-order valence-corrected chi connectivity index (χ2v) is 7.76. The minimum Gasteiger partial charge on any atom is -0.370 e. The highest BCUT2D eigenvalue weighted by Crippen LogP contribution is 2.43. The van der Waals surface area contributed by atoms with Gasteiger partial charge >= 0.3 is 0 Å².